The molecule has 0 aliphatic carbocycles. The van der Waals surface area contributed by atoms with Crippen molar-refractivity contribution in [2.75, 3.05) is 45.8 Å². The molecule has 2 amide bonds. The van der Waals surface area contributed by atoms with Gasteiger partial charge in [0.25, 0.3) is 5.91 Å². The van der Waals surface area contributed by atoms with Crippen molar-refractivity contribution in [1.82, 2.24) is 4.90 Å². The van der Waals surface area contributed by atoms with Gasteiger partial charge in [0, 0.05) is 24.3 Å². The Bertz CT molecular complexity index is 1080. The molecule has 10 nitrogen and oxygen atoms in total. The molecule has 1 fully saturated rings. The molecule has 0 bridgehead atoms. The summed E-state index contributed by atoms with van der Waals surface area (Å²) in [6.45, 7) is 2.90. The molecular weight excluding hydrogens is 456 g/mol. The number of nitrogens with one attached hydrogen (secondary N) is 1. The summed E-state index contributed by atoms with van der Waals surface area (Å²) < 4.78 is 20.9. The van der Waals surface area contributed by atoms with Crippen LogP contribution in [-0.2, 0) is 19.1 Å². The van der Waals surface area contributed by atoms with E-state index in [0.717, 1.165) is 0 Å². The molecule has 0 radical (unpaired) electrons. The van der Waals surface area contributed by atoms with Crippen LogP contribution in [0.25, 0.3) is 0 Å². The second-order valence-electron chi connectivity index (χ2n) is 7.68. The van der Waals surface area contributed by atoms with E-state index in [9.17, 15) is 19.2 Å². The number of Topliss-reactive ketones (excluding diaryl/α,β-unsaturated/α-hetero) is 1. The summed E-state index contributed by atoms with van der Waals surface area (Å²) in [6, 6.07) is 10.7. The average Bonchev–Trinajstić information content (AvgIpc) is 2.88. The first-order valence-electron chi connectivity index (χ1n) is 11.1. The summed E-state index contributed by atoms with van der Waals surface area (Å²) in [4.78, 5) is 51.0. The van der Waals surface area contributed by atoms with Gasteiger partial charge in [-0.2, -0.15) is 0 Å². The standard InChI is InChI=1S/C25H28N2O8/c1-4-27-11-12-34-22(24(27)30)14-23(29)26-18-8-5-16(6-9-18)25(31)35-15-19(28)17-7-10-20(32-2)21(13-17)33-3/h5-10,13,22H,4,11-12,14-15H2,1-3H3,(H,26,29). The molecule has 1 saturated heterocycles. The molecule has 1 heterocycles. The monoisotopic (exact) mass is 484 g/mol. The van der Waals surface area contributed by atoms with E-state index >= 15 is 0 Å². The second-order valence-corrected chi connectivity index (χ2v) is 7.68. The lowest BCUT2D eigenvalue weighted by Gasteiger charge is -2.31. The van der Waals surface area contributed by atoms with Gasteiger partial charge in [0.1, 0.15) is 6.10 Å². The largest absolute Gasteiger partial charge is 0.493 e. The first-order valence-corrected chi connectivity index (χ1v) is 11.1. The van der Waals surface area contributed by atoms with E-state index in [2.05, 4.69) is 5.32 Å². The first kappa shape index (κ1) is 25.7. The number of carbonyl (C=O) groups excluding carboxylic acids is 4. The Hall–Kier alpha value is -3.92. The van der Waals surface area contributed by atoms with Crippen molar-refractivity contribution in [3.05, 3.63) is 53.6 Å². The lowest BCUT2D eigenvalue weighted by atomic mass is 10.1. The minimum absolute atomic E-state index is 0.0998. The molecule has 35 heavy (non-hydrogen) atoms. The van der Waals surface area contributed by atoms with Gasteiger partial charge in [0.05, 0.1) is 32.8 Å². The Balaban J connectivity index is 1.51. The van der Waals surface area contributed by atoms with Crippen LogP contribution in [0.4, 0.5) is 5.69 Å². The number of ether oxygens (including phenoxy) is 4. The third kappa shape index (κ3) is 6.57. The zero-order chi connectivity index (χ0) is 25.4. The number of ketones is 1. The van der Waals surface area contributed by atoms with Gasteiger partial charge in [0.2, 0.25) is 5.91 Å². The predicted molar refractivity (Wildman–Crippen MR) is 126 cm³/mol. The number of methoxy groups -OCH3 is 2. The van der Waals surface area contributed by atoms with Crippen LogP contribution in [0.2, 0.25) is 0 Å². The van der Waals surface area contributed by atoms with Gasteiger partial charge in [-0.15, -0.1) is 0 Å². The van der Waals surface area contributed by atoms with Gasteiger partial charge in [-0.1, -0.05) is 0 Å². The number of rotatable bonds is 10. The molecule has 1 unspecified atom stereocenters. The minimum atomic E-state index is -0.804. The quantitative estimate of drug-likeness (QED) is 0.403. The Morgan fingerprint density at radius 1 is 1.03 bits per heavy atom. The number of likely N-dealkylation sites (N-methyl/N-ethyl adjacent to an activating group) is 1. The lowest BCUT2D eigenvalue weighted by Crippen LogP contribution is -2.48. The lowest BCUT2D eigenvalue weighted by molar-refractivity contribution is -0.154. The zero-order valence-electron chi connectivity index (χ0n) is 19.9. The maximum atomic E-state index is 12.4. The SMILES string of the molecule is CCN1CCOC(CC(=O)Nc2ccc(C(=O)OCC(=O)c3ccc(OC)c(OC)c3)cc2)C1=O. The molecule has 1 aliphatic heterocycles. The number of hydrogen-bond donors (Lipinski definition) is 1. The first-order chi connectivity index (χ1) is 16.9. The number of nitrogens with zero attached hydrogens (tertiary/aromatic N) is 1. The summed E-state index contributed by atoms with van der Waals surface area (Å²) in [7, 11) is 2.95. The zero-order valence-corrected chi connectivity index (χ0v) is 19.9. The molecule has 0 spiro atoms. The van der Waals surface area contributed by atoms with Gasteiger partial charge in [-0.3, -0.25) is 14.4 Å². The maximum absolute atomic E-state index is 12.4. The van der Waals surface area contributed by atoms with Gasteiger partial charge in [-0.05, 0) is 49.4 Å². The molecule has 1 atom stereocenters. The van der Waals surface area contributed by atoms with Crippen molar-refractivity contribution < 1.29 is 38.1 Å². The summed E-state index contributed by atoms with van der Waals surface area (Å²) in [6.07, 6.45) is -0.904. The molecule has 1 N–H and O–H groups in total. The minimum Gasteiger partial charge on any atom is -0.493 e. The number of morpholine rings is 1. The van der Waals surface area contributed by atoms with Gasteiger partial charge >= 0.3 is 5.97 Å². The molecule has 1 aliphatic rings. The van der Waals surface area contributed by atoms with E-state index in [-0.39, 0.29) is 23.8 Å². The molecule has 0 aromatic heterocycles. The molecule has 0 saturated carbocycles. The van der Waals surface area contributed by atoms with Crippen LogP contribution in [0.15, 0.2) is 42.5 Å². The van der Waals surface area contributed by atoms with Crippen molar-refractivity contribution in [3.63, 3.8) is 0 Å². The normalized spacial score (nSPS) is 15.3. The van der Waals surface area contributed by atoms with Crippen molar-refractivity contribution in [2.45, 2.75) is 19.4 Å². The van der Waals surface area contributed by atoms with Crippen molar-refractivity contribution in [3.8, 4) is 11.5 Å². The van der Waals surface area contributed by atoms with E-state index in [4.69, 9.17) is 18.9 Å². The van der Waals surface area contributed by atoms with Gasteiger partial charge < -0.3 is 29.2 Å². The molecule has 3 rings (SSSR count). The van der Waals surface area contributed by atoms with Crippen LogP contribution in [0, 0.1) is 0 Å². The third-order valence-electron chi connectivity index (χ3n) is 5.46. The highest BCUT2D eigenvalue weighted by Crippen LogP contribution is 2.27. The number of benzene rings is 2. The number of hydrogen-bond acceptors (Lipinski definition) is 8. The third-order valence-corrected chi connectivity index (χ3v) is 5.46. The Kier molecular flexibility index (Phi) is 8.80. The molecule has 10 heteroatoms. The van der Waals surface area contributed by atoms with Crippen LogP contribution in [0.1, 0.15) is 34.1 Å². The fourth-order valence-electron chi connectivity index (χ4n) is 3.53. The second kappa shape index (κ2) is 12.0. The summed E-state index contributed by atoms with van der Waals surface area (Å²) in [5, 5.41) is 2.68. The number of carbonyl (C=O) groups is 4. The fraction of sp³-hybridized carbons (Fsp3) is 0.360. The van der Waals surface area contributed by atoms with E-state index in [1.807, 2.05) is 6.92 Å². The molecule has 186 valence electrons. The highest BCUT2D eigenvalue weighted by atomic mass is 16.5. The number of amides is 2. The Morgan fingerprint density at radius 2 is 1.71 bits per heavy atom. The van der Waals surface area contributed by atoms with Crippen LogP contribution in [0.3, 0.4) is 0 Å². The van der Waals surface area contributed by atoms with E-state index < -0.39 is 24.5 Å². The smallest absolute Gasteiger partial charge is 0.338 e. The molecule has 2 aromatic carbocycles. The van der Waals surface area contributed by atoms with Crippen LogP contribution in [0.5, 0.6) is 11.5 Å². The van der Waals surface area contributed by atoms with Crippen LogP contribution >= 0.6 is 0 Å². The average molecular weight is 485 g/mol. The number of anilines is 1. The topological polar surface area (TPSA) is 120 Å². The van der Waals surface area contributed by atoms with Gasteiger partial charge in [-0.25, -0.2) is 4.79 Å². The highest BCUT2D eigenvalue weighted by Gasteiger charge is 2.30. The van der Waals surface area contributed by atoms with Crippen LogP contribution < -0.4 is 14.8 Å². The van der Waals surface area contributed by atoms with E-state index in [0.29, 0.717) is 42.4 Å². The van der Waals surface area contributed by atoms with Crippen LogP contribution in [-0.4, -0.2) is 75.1 Å². The number of esters is 1. The van der Waals surface area contributed by atoms with Gasteiger partial charge in [0.15, 0.2) is 23.9 Å². The molecule has 2 aromatic rings. The summed E-state index contributed by atoms with van der Waals surface area (Å²) in [5.41, 5.74) is 0.979. The van der Waals surface area contributed by atoms with Crippen molar-refractivity contribution >= 4 is 29.3 Å². The van der Waals surface area contributed by atoms with E-state index in [1.165, 1.54) is 44.6 Å². The maximum Gasteiger partial charge on any atom is 0.338 e. The summed E-state index contributed by atoms with van der Waals surface area (Å²) >= 11 is 0. The Morgan fingerprint density at radius 3 is 2.37 bits per heavy atom. The Labute approximate surface area is 203 Å². The van der Waals surface area contributed by atoms with Crippen molar-refractivity contribution in [1.29, 1.82) is 0 Å². The van der Waals surface area contributed by atoms with E-state index in [1.54, 1.807) is 17.0 Å². The predicted octanol–water partition coefficient (Wildman–Crippen LogP) is 2.32. The highest BCUT2D eigenvalue weighted by molar-refractivity contribution is 6.00. The van der Waals surface area contributed by atoms with Crippen molar-refractivity contribution in [2.24, 2.45) is 0 Å². The molecular formula is C25H28N2O8. The summed E-state index contributed by atoms with van der Waals surface area (Å²) in [5.74, 6) is -0.785. The fourth-order valence-corrected chi connectivity index (χ4v) is 3.53.